The maximum absolute atomic E-state index is 12.6. The number of ether oxygens (including phenoxy) is 1. The summed E-state index contributed by atoms with van der Waals surface area (Å²) < 4.78 is 5.35. The summed E-state index contributed by atoms with van der Waals surface area (Å²) in [5.41, 5.74) is 1.19. The van der Waals surface area contributed by atoms with E-state index in [2.05, 4.69) is 41.1 Å². The lowest BCUT2D eigenvalue weighted by Gasteiger charge is -2.38. The fourth-order valence-corrected chi connectivity index (χ4v) is 4.28. The van der Waals surface area contributed by atoms with E-state index in [1.165, 1.54) is 12.1 Å². The van der Waals surface area contributed by atoms with Crippen molar-refractivity contribution in [2.45, 2.75) is 45.6 Å². The number of nitrogens with zero attached hydrogens (tertiary/aromatic N) is 4. The lowest BCUT2D eigenvalue weighted by atomic mass is 10.0. The number of piperidine rings is 1. The third-order valence-corrected chi connectivity index (χ3v) is 6.04. The van der Waals surface area contributed by atoms with Crippen LogP contribution in [0.1, 0.15) is 39.5 Å². The molecule has 1 aromatic rings. The summed E-state index contributed by atoms with van der Waals surface area (Å²) in [5, 5.41) is 3.40. The van der Waals surface area contributed by atoms with E-state index in [4.69, 9.17) is 9.73 Å². The second-order valence-electron chi connectivity index (χ2n) is 8.09. The smallest absolute Gasteiger partial charge is 0.224 e. The van der Waals surface area contributed by atoms with Crippen LogP contribution in [-0.2, 0) is 4.79 Å². The Morgan fingerprint density at radius 3 is 2.65 bits per heavy atom. The van der Waals surface area contributed by atoms with Crippen molar-refractivity contribution in [3.63, 3.8) is 0 Å². The molecule has 1 aromatic carbocycles. The summed E-state index contributed by atoms with van der Waals surface area (Å²) in [6.07, 6.45) is 3.97. The Bertz CT molecular complexity index is 722. The van der Waals surface area contributed by atoms with Crippen molar-refractivity contribution in [1.29, 1.82) is 0 Å². The van der Waals surface area contributed by atoms with Crippen molar-refractivity contribution in [3.05, 3.63) is 24.3 Å². The van der Waals surface area contributed by atoms with Crippen molar-refractivity contribution in [1.82, 2.24) is 15.1 Å². The molecule has 0 radical (unpaired) electrons. The van der Waals surface area contributed by atoms with E-state index in [1.807, 2.05) is 17.0 Å². The lowest BCUT2D eigenvalue weighted by molar-refractivity contribution is -0.134. The number of anilines is 1. The number of piperazine rings is 1. The number of halogens is 1. The van der Waals surface area contributed by atoms with Gasteiger partial charge in [0.05, 0.1) is 13.7 Å². The van der Waals surface area contributed by atoms with Crippen LogP contribution in [0.5, 0.6) is 5.75 Å². The molecule has 1 amide bonds. The monoisotopic (exact) mass is 543 g/mol. The quantitative estimate of drug-likeness (QED) is 0.340. The number of hydrogen-bond acceptors (Lipinski definition) is 4. The lowest BCUT2D eigenvalue weighted by Crippen LogP contribution is -2.52. The standard InChI is InChI=1S/C23H37N5O2.HI/c1-4-24-23(25-12-11-22(29)28-13-6-5-8-19(28)2)27-16-14-26(15-17-27)20-9-7-10-21(18-20)30-3;/h7,9-10,18-19H,4-6,8,11-17H2,1-3H3,(H,24,25);1H. The van der Waals surface area contributed by atoms with Gasteiger partial charge in [-0.05, 0) is 45.2 Å². The summed E-state index contributed by atoms with van der Waals surface area (Å²) in [6.45, 7) is 10.2. The Hall–Kier alpha value is -1.71. The third kappa shape index (κ3) is 7.15. The number of aliphatic imine (C=N–C) groups is 1. The number of benzene rings is 1. The minimum Gasteiger partial charge on any atom is -0.497 e. The Morgan fingerprint density at radius 2 is 1.97 bits per heavy atom. The molecule has 0 bridgehead atoms. The van der Waals surface area contributed by atoms with Gasteiger partial charge in [-0.3, -0.25) is 9.79 Å². The number of likely N-dealkylation sites (tertiary alicyclic amines) is 1. The molecule has 3 rings (SSSR count). The first-order valence-corrected chi connectivity index (χ1v) is 11.3. The molecule has 1 unspecified atom stereocenters. The van der Waals surface area contributed by atoms with Gasteiger partial charge in [-0.2, -0.15) is 0 Å². The molecule has 0 aromatic heterocycles. The molecular weight excluding hydrogens is 505 g/mol. The molecule has 0 aliphatic carbocycles. The molecule has 2 aliphatic heterocycles. The van der Waals surface area contributed by atoms with E-state index in [1.54, 1.807) is 7.11 Å². The molecule has 0 spiro atoms. The van der Waals surface area contributed by atoms with Crippen LogP contribution in [0.4, 0.5) is 5.69 Å². The first-order valence-electron chi connectivity index (χ1n) is 11.3. The van der Waals surface area contributed by atoms with Gasteiger partial charge < -0.3 is 24.8 Å². The summed E-state index contributed by atoms with van der Waals surface area (Å²) in [6, 6.07) is 8.59. The van der Waals surface area contributed by atoms with Gasteiger partial charge in [0.15, 0.2) is 5.96 Å². The summed E-state index contributed by atoms with van der Waals surface area (Å²) in [7, 11) is 1.70. The van der Waals surface area contributed by atoms with E-state index >= 15 is 0 Å². The average Bonchev–Trinajstić information content (AvgIpc) is 2.79. The molecule has 0 saturated carbocycles. The molecule has 2 aliphatic rings. The first-order chi connectivity index (χ1) is 14.6. The van der Waals surface area contributed by atoms with Crippen molar-refractivity contribution in [3.8, 4) is 5.75 Å². The first kappa shape index (κ1) is 25.5. The number of rotatable bonds is 6. The Kier molecular flexibility index (Phi) is 10.7. The van der Waals surface area contributed by atoms with E-state index in [9.17, 15) is 4.79 Å². The van der Waals surface area contributed by atoms with Gasteiger partial charge in [-0.15, -0.1) is 24.0 Å². The van der Waals surface area contributed by atoms with E-state index in [0.29, 0.717) is 19.0 Å². The maximum atomic E-state index is 12.6. The van der Waals surface area contributed by atoms with E-state index in [0.717, 1.165) is 63.8 Å². The molecule has 31 heavy (non-hydrogen) atoms. The number of hydrogen-bond donors (Lipinski definition) is 1. The molecule has 8 heteroatoms. The fraction of sp³-hybridized carbons (Fsp3) is 0.652. The van der Waals surface area contributed by atoms with Gasteiger partial charge in [0.25, 0.3) is 0 Å². The molecule has 2 heterocycles. The zero-order chi connectivity index (χ0) is 21.3. The number of carbonyl (C=O) groups is 1. The highest BCUT2D eigenvalue weighted by molar-refractivity contribution is 14.0. The zero-order valence-corrected chi connectivity index (χ0v) is 21.5. The molecule has 1 atom stereocenters. The van der Waals surface area contributed by atoms with Crippen LogP contribution in [0.25, 0.3) is 0 Å². The predicted octanol–water partition coefficient (Wildman–Crippen LogP) is 3.19. The Morgan fingerprint density at radius 1 is 1.19 bits per heavy atom. The van der Waals surface area contributed by atoms with Crippen LogP contribution in [0.15, 0.2) is 29.3 Å². The fourth-order valence-electron chi connectivity index (χ4n) is 4.28. The second kappa shape index (κ2) is 13.0. The molecular formula is C23H38IN5O2. The van der Waals surface area contributed by atoms with Crippen molar-refractivity contribution in [2.24, 2.45) is 4.99 Å². The summed E-state index contributed by atoms with van der Waals surface area (Å²) in [5.74, 6) is 2.05. The van der Waals surface area contributed by atoms with Gasteiger partial charge >= 0.3 is 0 Å². The SMILES string of the molecule is CCNC(=NCCC(=O)N1CCCCC1C)N1CCN(c2cccc(OC)c2)CC1.I. The van der Waals surface area contributed by atoms with Gasteiger partial charge in [0, 0.05) is 63.5 Å². The van der Waals surface area contributed by atoms with Gasteiger partial charge in [0.2, 0.25) is 5.91 Å². The Balaban J connectivity index is 0.00000341. The topological polar surface area (TPSA) is 60.4 Å². The van der Waals surface area contributed by atoms with Crippen molar-refractivity contribution >= 4 is 41.5 Å². The predicted molar refractivity (Wildman–Crippen MR) is 138 cm³/mol. The van der Waals surface area contributed by atoms with Crippen molar-refractivity contribution in [2.75, 3.05) is 57.8 Å². The number of guanidine groups is 1. The van der Waals surface area contributed by atoms with Gasteiger partial charge in [0.1, 0.15) is 5.75 Å². The highest BCUT2D eigenvalue weighted by Crippen LogP contribution is 2.22. The highest BCUT2D eigenvalue weighted by Gasteiger charge is 2.23. The largest absolute Gasteiger partial charge is 0.497 e. The number of nitrogens with one attached hydrogen (secondary N) is 1. The van der Waals surface area contributed by atoms with Crippen LogP contribution >= 0.6 is 24.0 Å². The van der Waals surface area contributed by atoms with Crippen LogP contribution in [-0.4, -0.2) is 80.6 Å². The van der Waals surface area contributed by atoms with Crippen LogP contribution in [0.3, 0.4) is 0 Å². The number of amides is 1. The van der Waals surface area contributed by atoms with E-state index < -0.39 is 0 Å². The van der Waals surface area contributed by atoms with E-state index in [-0.39, 0.29) is 29.9 Å². The van der Waals surface area contributed by atoms with Gasteiger partial charge in [-0.1, -0.05) is 6.07 Å². The highest BCUT2D eigenvalue weighted by atomic mass is 127. The maximum Gasteiger partial charge on any atom is 0.224 e. The zero-order valence-electron chi connectivity index (χ0n) is 19.2. The normalized spacial score (nSPS) is 19.6. The minimum absolute atomic E-state index is 0. The minimum atomic E-state index is 0. The van der Waals surface area contributed by atoms with Crippen molar-refractivity contribution < 1.29 is 9.53 Å². The summed E-state index contributed by atoms with van der Waals surface area (Å²) in [4.78, 5) is 24.1. The number of carbonyl (C=O) groups excluding carboxylic acids is 1. The molecule has 2 saturated heterocycles. The van der Waals surface area contributed by atoms with Gasteiger partial charge in [-0.25, -0.2) is 0 Å². The molecule has 1 N–H and O–H groups in total. The second-order valence-corrected chi connectivity index (χ2v) is 8.09. The third-order valence-electron chi connectivity index (χ3n) is 6.04. The van der Waals surface area contributed by atoms with Crippen LogP contribution in [0, 0.1) is 0 Å². The number of methoxy groups -OCH3 is 1. The molecule has 174 valence electrons. The molecule has 2 fully saturated rings. The van der Waals surface area contributed by atoms with Crippen LogP contribution < -0.4 is 15.0 Å². The van der Waals surface area contributed by atoms with Crippen LogP contribution in [0.2, 0.25) is 0 Å². The Labute approximate surface area is 204 Å². The molecule has 7 nitrogen and oxygen atoms in total. The average molecular weight is 543 g/mol. The summed E-state index contributed by atoms with van der Waals surface area (Å²) >= 11 is 0.